The summed E-state index contributed by atoms with van der Waals surface area (Å²) in [5, 5.41) is 16.6. The highest BCUT2D eigenvalue weighted by Gasteiger charge is 2.24. The molecule has 13 aromatic rings. The molecule has 0 saturated carbocycles. The van der Waals surface area contributed by atoms with E-state index in [9.17, 15) is 0 Å². The summed E-state index contributed by atoms with van der Waals surface area (Å²) in [5.41, 5.74) is 5.43. The van der Waals surface area contributed by atoms with Crippen molar-refractivity contribution < 1.29 is 4.42 Å². The van der Waals surface area contributed by atoms with Gasteiger partial charge in [-0.1, -0.05) is 133 Å². The fourth-order valence-corrected chi connectivity index (χ4v) is 10.5. The van der Waals surface area contributed by atoms with Crippen molar-refractivity contribution in [2.75, 3.05) is 0 Å². The van der Waals surface area contributed by atoms with E-state index in [0.717, 1.165) is 38.6 Å². The van der Waals surface area contributed by atoms with Crippen LogP contribution in [0.2, 0.25) is 0 Å². The number of hydrogen-bond donors (Lipinski definition) is 0. The predicted molar refractivity (Wildman–Crippen MR) is 232 cm³/mol. The average molecular weight is 718 g/mol. The molecule has 5 heteroatoms. The van der Waals surface area contributed by atoms with E-state index in [2.05, 4.69) is 156 Å². The van der Waals surface area contributed by atoms with Crippen LogP contribution in [0.25, 0.3) is 124 Å². The monoisotopic (exact) mass is 717 g/mol. The molecule has 254 valence electrons. The van der Waals surface area contributed by atoms with Crippen LogP contribution in [0.4, 0.5) is 0 Å². The van der Waals surface area contributed by atoms with Crippen molar-refractivity contribution in [2.24, 2.45) is 0 Å². The molecule has 4 aromatic heterocycles. The lowest BCUT2D eigenvalue weighted by Gasteiger charge is -2.13. The Hall–Kier alpha value is -7.08. The number of benzene rings is 9. The second-order valence-electron chi connectivity index (χ2n) is 14.5. The first-order valence-corrected chi connectivity index (χ1v) is 19.4. The van der Waals surface area contributed by atoms with Gasteiger partial charge in [0.05, 0.1) is 22.1 Å². The van der Waals surface area contributed by atoms with Gasteiger partial charge in [0.15, 0.2) is 0 Å². The van der Waals surface area contributed by atoms with Crippen LogP contribution in [0.5, 0.6) is 0 Å². The van der Waals surface area contributed by atoms with E-state index in [1.807, 2.05) is 23.5 Å². The van der Waals surface area contributed by atoms with Gasteiger partial charge in [0.2, 0.25) is 11.7 Å². The zero-order valence-corrected chi connectivity index (χ0v) is 30.1. The van der Waals surface area contributed by atoms with E-state index >= 15 is 0 Å². The van der Waals surface area contributed by atoms with Gasteiger partial charge in [-0.3, -0.25) is 4.57 Å². The van der Waals surface area contributed by atoms with Gasteiger partial charge in [0.1, 0.15) is 5.58 Å². The van der Waals surface area contributed by atoms with Gasteiger partial charge in [0, 0.05) is 47.3 Å². The minimum absolute atomic E-state index is 0.576. The van der Waals surface area contributed by atoms with Gasteiger partial charge >= 0.3 is 0 Å². The first kappa shape index (κ1) is 29.4. The molecular weight excluding hydrogens is 691 g/mol. The second kappa shape index (κ2) is 10.8. The molecule has 9 aromatic carbocycles. The van der Waals surface area contributed by atoms with Gasteiger partial charge in [0.25, 0.3) is 0 Å². The van der Waals surface area contributed by atoms with Crippen LogP contribution in [0, 0.1) is 0 Å². The number of furan rings is 1. The SMILES string of the molecule is c1ccc2cc3c(cc2c1)c1c2c4ccccc4c4ccccc4c2ccc1n3-c1nc(-c2cccc3c2sc2ccccc23)c2c(n1)oc1ccccc12. The smallest absolute Gasteiger partial charge is 0.238 e. The molecule has 0 fully saturated rings. The molecule has 0 atom stereocenters. The number of para-hydroxylation sites is 1. The summed E-state index contributed by atoms with van der Waals surface area (Å²) in [4.78, 5) is 11.0. The van der Waals surface area contributed by atoms with E-state index in [-0.39, 0.29) is 0 Å². The van der Waals surface area contributed by atoms with E-state index in [1.165, 1.54) is 74.0 Å². The average Bonchev–Trinajstić information content (AvgIpc) is 3.92. The zero-order chi connectivity index (χ0) is 35.8. The van der Waals surface area contributed by atoms with Crippen molar-refractivity contribution in [3.63, 3.8) is 0 Å². The Morgan fingerprint density at radius 2 is 1.07 bits per heavy atom. The number of hydrogen-bond acceptors (Lipinski definition) is 4. The lowest BCUT2D eigenvalue weighted by molar-refractivity contribution is 0.651. The Morgan fingerprint density at radius 3 is 1.89 bits per heavy atom. The third kappa shape index (κ3) is 3.94. The molecule has 0 saturated heterocycles. The Kier molecular flexibility index (Phi) is 5.74. The summed E-state index contributed by atoms with van der Waals surface area (Å²) in [7, 11) is 0. The van der Waals surface area contributed by atoms with Crippen molar-refractivity contribution >= 4 is 118 Å². The van der Waals surface area contributed by atoms with Crippen molar-refractivity contribution in [2.45, 2.75) is 0 Å². The first-order chi connectivity index (χ1) is 27.3. The Bertz CT molecular complexity index is 3760. The molecule has 55 heavy (non-hydrogen) atoms. The zero-order valence-electron chi connectivity index (χ0n) is 29.2. The fraction of sp³-hybridized carbons (Fsp3) is 0. The number of fused-ring (bicyclic) bond motifs is 17. The molecule has 0 aliphatic rings. The summed E-state index contributed by atoms with van der Waals surface area (Å²) < 4.78 is 11.4. The van der Waals surface area contributed by atoms with Crippen LogP contribution in [-0.4, -0.2) is 14.5 Å². The standard InChI is InChI=1S/C50H27N3OS/c1-2-13-29-27-41-39(26-28(29)12-1)45-40(25-24-35-32-16-4-3-14-30(32)31-15-5-6-18-34(31)44(35)45)53(41)50-51-47(46-37-19-7-9-22-42(37)54-49(46)52-50)38-21-11-20-36-33-17-8-10-23-43(33)55-48(36)38/h1-27H. The van der Waals surface area contributed by atoms with E-state index in [0.29, 0.717) is 11.7 Å². The van der Waals surface area contributed by atoms with Crippen LogP contribution < -0.4 is 0 Å². The highest BCUT2D eigenvalue weighted by atomic mass is 32.1. The topological polar surface area (TPSA) is 43.9 Å². The lowest BCUT2D eigenvalue weighted by atomic mass is 9.91. The van der Waals surface area contributed by atoms with Crippen LogP contribution >= 0.6 is 11.3 Å². The second-order valence-corrected chi connectivity index (χ2v) is 15.5. The van der Waals surface area contributed by atoms with Gasteiger partial charge in [-0.05, 0) is 68.0 Å². The number of nitrogens with zero attached hydrogens (tertiary/aromatic N) is 3. The number of rotatable bonds is 2. The third-order valence-electron chi connectivity index (χ3n) is 11.6. The quantitative estimate of drug-likeness (QED) is 0.167. The first-order valence-electron chi connectivity index (χ1n) is 18.6. The largest absolute Gasteiger partial charge is 0.437 e. The van der Waals surface area contributed by atoms with Crippen molar-refractivity contribution in [1.82, 2.24) is 14.5 Å². The summed E-state index contributed by atoms with van der Waals surface area (Å²) in [6.07, 6.45) is 0. The van der Waals surface area contributed by atoms with Gasteiger partial charge < -0.3 is 4.42 Å². The molecule has 0 aliphatic heterocycles. The maximum Gasteiger partial charge on any atom is 0.238 e. The van der Waals surface area contributed by atoms with Gasteiger partial charge in [-0.15, -0.1) is 11.3 Å². The molecule has 0 bridgehead atoms. The molecule has 0 aliphatic carbocycles. The summed E-state index contributed by atoms with van der Waals surface area (Å²) in [6, 6.07) is 58.9. The minimum atomic E-state index is 0.576. The molecule has 0 N–H and O–H groups in total. The molecule has 0 radical (unpaired) electrons. The van der Waals surface area contributed by atoms with E-state index in [1.54, 1.807) is 0 Å². The van der Waals surface area contributed by atoms with Crippen LogP contribution in [0.15, 0.2) is 168 Å². The van der Waals surface area contributed by atoms with Crippen molar-refractivity contribution in [3.8, 4) is 17.2 Å². The summed E-state index contributed by atoms with van der Waals surface area (Å²) in [5.74, 6) is 0.583. The third-order valence-corrected chi connectivity index (χ3v) is 12.8. The van der Waals surface area contributed by atoms with Gasteiger partial charge in [-0.2, -0.15) is 4.98 Å². The Morgan fingerprint density at radius 1 is 0.436 bits per heavy atom. The molecule has 0 unspecified atom stereocenters. The molecule has 4 nitrogen and oxygen atoms in total. The Labute approximate surface area is 317 Å². The minimum Gasteiger partial charge on any atom is -0.437 e. The van der Waals surface area contributed by atoms with Crippen LogP contribution in [-0.2, 0) is 0 Å². The Balaban J connectivity index is 1.23. The molecule has 13 rings (SSSR count). The highest BCUT2D eigenvalue weighted by molar-refractivity contribution is 7.26. The summed E-state index contributed by atoms with van der Waals surface area (Å²) >= 11 is 1.82. The maximum absolute atomic E-state index is 6.63. The van der Waals surface area contributed by atoms with E-state index < -0.39 is 0 Å². The van der Waals surface area contributed by atoms with Gasteiger partial charge in [-0.25, -0.2) is 4.98 Å². The summed E-state index contributed by atoms with van der Waals surface area (Å²) in [6.45, 7) is 0. The molecule has 0 spiro atoms. The number of aromatic nitrogens is 3. The predicted octanol–water partition coefficient (Wildman–Crippen LogP) is 14.1. The van der Waals surface area contributed by atoms with Crippen molar-refractivity contribution in [1.29, 1.82) is 0 Å². The molecule has 0 amide bonds. The number of thiophene rings is 1. The highest BCUT2D eigenvalue weighted by Crippen LogP contribution is 2.46. The molecule has 4 heterocycles. The van der Waals surface area contributed by atoms with Crippen LogP contribution in [0.1, 0.15) is 0 Å². The normalized spacial score (nSPS) is 12.4. The fourth-order valence-electron chi connectivity index (χ4n) is 9.24. The lowest BCUT2D eigenvalue weighted by Crippen LogP contribution is -2.03. The molecular formula is C50H27N3OS. The van der Waals surface area contributed by atoms with Crippen molar-refractivity contribution in [3.05, 3.63) is 164 Å². The van der Waals surface area contributed by atoms with Crippen LogP contribution in [0.3, 0.4) is 0 Å². The maximum atomic E-state index is 6.63. The van der Waals surface area contributed by atoms with E-state index in [4.69, 9.17) is 14.4 Å².